The Kier molecular flexibility index (Phi) is 3.27. The van der Waals surface area contributed by atoms with Crippen LogP contribution in [0.2, 0.25) is 0 Å². The average Bonchev–Trinajstić information content (AvgIpc) is 3.23. The van der Waals surface area contributed by atoms with Gasteiger partial charge in [0.2, 0.25) is 0 Å². The van der Waals surface area contributed by atoms with Crippen molar-refractivity contribution in [2.24, 2.45) is 0 Å². The van der Waals surface area contributed by atoms with E-state index in [-0.39, 0.29) is 12.6 Å². The van der Waals surface area contributed by atoms with E-state index in [0.29, 0.717) is 0 Å². The van der Waals surface area contributed by atoms with E-state index in [1.54, 1.807) is 6.20 Å². The number of aromatic amines is 1. The molecule has 0 radical (unpaired) electrons. The number of hydrogen-bond donors (Lipinski definition) is 2. The molecule has 1 aromatic carbocycles. The highest BCUT2D eigenvalue weighted by molar-refractivity contribution is 5.75. The van der Waals surface area contributed by atoms with Crippen LogP contribution in [0.25, 0.3) is 22.4 Å². The zero-order chi connectivity index (χ0) is 14.9. The number of fused-ring (bicyclic) bond motifs is 1. The van der Waals surface area contributed by atoms with Crippen molar-refractivity contribution in [3.05, 3.63) is 42.7 Å². The topological polar surface area (TPSA) is 65.0 Å². The fourth-order valence-corrected chi connectivity index (χ4v) is 3.18. The zero-order valence-corrected chi connectivity index (χ0v) is 12.2. The summed E-state index contributed by atoms with van der Waals surface area (Å²) >= 11 is 0. The highest BCUT2D eigenvalue weighted by Gasteiger charge is 2.24. The normalized spacial score (nSPS) is 18.2. The Bertz CT molecular complexity index is 798. The molecule has 112 valence electrons. The first-order valence-electron chi connectivity index (χ1n) is 7.63. The van der Waals surface area contributed by atoms with Crippen molar-refractivity contribution < 1.29 is 5.11 Å². The smallest absolute Gasteiger partial charge is 0.156 e. The van der Waals surface area contributed by atoms with Gasteiger partial charge in [0, 0.05) is 24.0 Å². The zero-order valence-electron chi connectivity index (χ0n) is 12.2. The average molecular weight is 294 g/mol. The van der Waals surface area contributed by atoms with E-state index in [1.165, 1.54) is 0 Å². The van der Waals surface area contributed by atoms with Crippen LogP contribution in [0, 0.1) is 0 Å². The van der Waals surface area contributed by atoms with Crippen LogP contribution >= 0.6 is 0 Å². The molecule has 4 rings (SSSR count). The number of nitrogens with one attached hydrogen (secondary N) is 1. The number of hydrogen-bond acceptors (Lipinski definition) is 4. The van der Waals surface area contributed by atoms with Crippen molar-refractivity contribution in [3.8, 4) is 11.3 Å². The van der Waals surface area contributed by atoms with Crippen molar-refractivity contribution in [3.63, 3.8) is 0 Å². The number of anilines is 1. The van der Waals surface area contributed by atoms with E-state index < -0.39 is 0 Å². The Balaban J connectivity index is 1.71. The van der Waals surface area contributed by atoms with Crippen molar-refractivity contribution in [1.82, 2.24) is 15.0 Å². The number of benzene rings is 1. The van der Waals surface area contributed by atoms with Crippen LogP contribution in [0.4, 0.5) is 5.69 Å². The predicted octanol–water partition coefficient (Wildman–Crippen LogP) is 2.59. The van der Waals surface area contributed by atoms with Crippen molar-refractivity contribution in [2.45, 2.75) is 18.9 Å². The van der Waals surface area contributed by atoms with Crippen LogP contribution < -0.4 is 4.90 Å². The summed E-state index contributed by atoms with van der Waals surface area (Å²) in [6.07, 6.45) is 5.83. The van der Waals surface area contributed by atoms with E-state index in [0.717, 1.165) is 47.5 Å². The molecule has 0 aliphatic carbocycles. The Hall–Kier alpha value is -2.40. The highest BCUT2D eigenvalue weighted by atomic mass is 16.3. The molecule has 0 saturated carbocycles. The second kappa shape index (κ2) is 5.42. The molecule has 1 aliphatic rings. The van der Waals surface area contributed by atoms with Gasteiger partial charge in [0.05, 0.1) is 24.5 Å². The van der Waals surface area contributed by atoms with Crippen molar-refractivity contribution in [2.75, 3.05) is 18.1 Å². The van der Waals surface area contributed by atoms with Gasteiger partial charge in [0.15, 0.2) is 5.65 Å². The predicted molar refractivity (Wildman–Crippen MR) is 86.8 cm³/mol. The van der Waals surface area contributed by atoms with Gasteiger partial charge < -0.3 is 15.0 Å². The minimum absolute atomic E-state index is 0.208. The van der Waals surface area contributed by atoms with Crippen LogP contribution in [-0.4, -0.2) is 39.3 Å². The molecule has 5 nitrogen and oxygen atoms in total. The fourth-order valence-electron chi connectivity index (χ4n) is 3.18. The third-order valence-corrected chi connectivity index (χ3v) is 4.32. The van der Waals surface area contributed by atoms with Gasteiger partial charge in [-0.15, -0.1) is 0 Å². The molecule has 2 N–H and O–H groups in total. The van der Waals surface area contributed by atoms with Gasteiger partial charge in [-0.05, 0) is 31.0 Å². The summed E-state index contributed by atoms with van der Waals surface area (Å²) < 4.78 is 0. The van der Waals surface area contributed by atoms with Crippen LogP contribution in [0.15, 0.2) is 42.7 Å². The van der Waals surface area contributed by atoms with Gasteiger partial charge >= 0.3 is 0 Å². The summed E-state index contributed by atoms with van der Waals surface area (Å²) in [5.41, 5.74) is 4.74. The molecule has 5 heteroatoms. The molecule has 2 aromatic heterocycles. The number of aromatic nitrogens is 3. The third kappa shape index (κ3) is 2.23. The quantitative estimate of drug-likeness (QED) is 0.779. The maximum absolute atomic E-state index is 9.51. The summed E-state index contributed by atoms with van der Waals surface area (Å²) in [6.45, 7) is 1.20. The minimum atomic E-state index is 0.208. The second-order valence-electron chi connectivity index (χ2n) is 5.69. The monoisotopic (exact) mass is 294 g/mol. The molecule has 3 aromatic rings. The van der Waals surface area contributed by atoms with E-state index in [4.69, 9.17) is 0 Å². The number of H-pyrrole nitrogens is 1. The summed E-state index contributed by atoms with van der Waals surface area (Å²) in [4.78, 5) is 14.4. The Labute approximate surface area is 128 Å². The summed E-state index contributed by atoms with van der Waals surface area (Å²) in [5.74, 6) is 0. The number of aliphatic hydroxyl groups is 1. The van der Waals surface area contributed by atoms with Gasteiger partial charge in [-0.2, -0.15) is 0 Å². The summed E-state index contributed by atoms with van der Waals surface area (Å²) in [7, 11) is 0. The highest BCUT2D eigenvalue weighted by Crippen LogP contribution is 2.29. The van der Waals surface area contributed by atoms with E-state index in [9.17, 15) is 5.11 Å². The standard InChI is InChI=1S/C17H18N4O/c22-11-14-5-2-8-21(14)13-4-1-3-12(9-13)16-10-19-17-15(20-16)6-7-18-17/h1,3-4,6-7,9-10,14,22H,2,5,8,11H2,(H,18,19)/t14-/m1/s1. The molecule has 1 atom stereocenters. The fraction of sp³-hybridized carbons (Fsp3) is 0.294. The third-order valence-electron chi connectivity index (χ3n) is 4.32. The van der Waals surface area contributed by atoms with E-state index >= 15 is 0 Å². The first-order chi connectivity index (χ1) is 10.8. The summed E-state index contributed by atoms with van der Waals surface area (Å²) in [5, 5.41) is 9.51. The van der Waals surface area contributed by atoms with Gasteiger partial charge in [0.1, 0.15) is 5.52 Å². The van der Waals surface area contributed by atoms with Crippen molar-refractivity contribution in [1.29, 1.82) is 0 Å². The molecule has 1 aliphatic heterocycles. The summed E-state index contributed by atoms with van der Waals surface area (Å²) in [6, 6.07) is 10.5. The molecule has 0 spiro atoms. The molecule has 1 fully saturated rings. The molecular weight excluding hydrogens is 276 g/mol. The lowest BCUT2D eigenvalue weighted by Crippen LogP contribution is -2.31. The molecule has 0 amide bonds. The minimum Gasteiger partial charge on any atom is -0.394 e. The Morgan fingerprint density at radius 1 is 1.32 bits per heavy atom. The maximum atomic E-state index is 9.51. The van der Waals surface area contributed by atoms with E-state index in [2.05, 4.69) is 38.1 Å². The van der Waals surface area contributed by atoms with Crippen molar-refractivity contribution >= 4 is 16.9 Å². The van der Waals surface area contributed by atoms with Gasteiger partial charge in [0.25, 0.3) is 0 Å². The Morgan fingerprint density at radius 2 is 2.27 bits per heavy atom. The van der Waals surface area contributed by atoms with Gasteiger partial charge in [-0.25, -0.2) is 9.97 Å². The first-order valence-corrected chi connectivity index (χ1v) is 7.63. The number of nitrogens with zero attached hydrogens (tertiary/aromatic N) is 3. The molecule has 0 unspecified atom stereocenters. The maximum Gasteiger partial charge on any atom is 0.156 e. The lowest BCUT2D eigenvalue weighted by molar-refractivity contribution is 0.266. The van der Waals surface area contributed by atoms with Crippen LogP contribution in [0.3, 0.4) is 0 Å². The lowest BCUT2D eigenvalue weighted by atomic mass is 10.1. The molecule has 0 bridgehead atoms. The second-order valence-corrected chi connectivity index (χ2v) is 5.69. The number of rotatable bonds is 3. The molecule has 22 heavy (non-hydrogen) atoms. The van der Waals surface area contributed by atoms with Crippen LogP contribution in [0.5, 0.6) is 0 Å². The van der Waals surface area contributed by atoms with Crippen LogP contribution in [0.1, 0.15) is 12.8 Å². The largest absolute Gasteiger partial charge is 0.394 e. The Morgan fingerprint density at radius 3 is 3.18 bits per heavy atom. The van der Waals surface area contributed by atoms with Crippen LogP contribution in [-0.2, 0) is 0 Å². The molecular formula is C17H18N4O. The molecule has 1 saturated heterocycles. The SMILES string of the molecule is OC[C@H]1CCCN1c1cccc(-c2cnc3[nH]ccc3n2)c1. The number of aliphatic hydroxyl groups excluding tert-OH is 1. The van der Waals surface area contributed by atoms with Gasteiger partial charge in [-0.3, -0.25) is 0 Å². The van der Waals surface area contributed by atoms with E-state index in [1.807, 2.05) is 18.3 Å². The van der Waals surface area contributed by atoms with Gasteiger partial charge in [-0.1, -0.05) is 12.1 Å². The lowest BCUT2D eigenvalue weighted by Gasteiger charge is -2.25. The first kappa shape index (κ1) is 13.3. The molecule has 3 heterocycles.